The second kappa shape index (κ2) is 9.06. The quantitative estimate of drug-likeness (QED) is 0.904. The summed E-state index contributed by atoms with van der Waals surface area (Å²) >= 11 is 0. The van der Waals surface area contributed by atoms with Gasteiger partial charge in [0, 0.05) is 25.6 Å². The van der Waals surface area contributed by atoms with E-state index in [9.17, 15) is 4.79 Å². The highest BCUT2D eigenvalue weighted by Gasteiger charge is 2.24. The topological polar surface area (TPSA) is 46.3 Å². The highest BCUT2D eigenvalue weighted by atomic mass is 35.5. The third-order valence-corrected chi connectivity index (χ3v) is 4.19. The molecule has 2 unspecified atom stereocenters. The molecular formula is C17H27ClN2O. The molecule has 1 aliphatic rings. The lowest BCUT2D eigenvalue weighted by Crippen LogP contribution is -2.41. The Kier molecular flexibility index (Phi) is 7.76. The Morgan fingerprint density at radius 3 is 2.76 bits per heavy atom. The summed E-state index contributed by atoms with van der Waals surface area (Å²) in [7, 11) is 0. The van der Waals surface area contributed by atoms with Gasteiger partial charge in [0.05, 0.1) is 0 Å². The predicted octanol–water partition coefficient (Wildman–Crippen LogP) is 3.54. The number of halogens is 1. The Morgan fingerprint density at radius 1 is 1.38 bits per heavy atom. The van der Waals surface area contributed by atoms with Crippen molar-refractivity contribution in [2.24, 2.45) is 11.7 Å². The molecule has 0 bridgehead atoms. The van der Waals surface area contributed by atoms with Crippen LogP contribution in [0.15, 0.2) is 30.3 Å². The van der Waals surface area contributed by atoms with Crippen LogP contribution in [0.4, 0.5) is 0 Å². The zero-order chi connectivity index (χ0) is 14.4. The molecule has 4 heteroatoms. The summed E-state index contributed by atoms with van der Waals surface area (Å²) in [4.78, 5) is 14.4. The Morgan fingerprint density at radius 2 is 2.10 bits per heavy atom. The van der Waals surface area contributed by atoms with Crippen LogP contribution < -0.4 is 5.73 Å². The van der Waals surface area contributed by atoms with Crippen molar-refractivity contribution >= 4 is 18.3 Å². The SMILES string of the molecule is CCCC1CCCN(C(=O)CC(N)c2ccccc2)C1.Cl. The highest BCUT2D eigenvalue weighted by Crippen LogP contribution is 2.23. The standard InChI is InChI=1S/C17H26N2O.ClH/c1-2-7-14-8-6-11-19(13-14)17(20)12-16(18)15-9-4-3-5-10-15;/h3-5,9-10,14,16H,2,6-8,11-13,18H2,1H3;1H. The Balaban J connectivity index is 0.00000220. The van der Waals surface area contributed by atoms with Crippen molar-refractivity contribution in [3.05, 3.63) is 35.9 Å². The molecular weight excluding hydrogens is 284 g/mol. The second-order valence-electron chi connectivity index (χ2n) is 5.86. The number of amides is 1. The van der Waals surface area contributed by atoms with Gasteiger partial charge in [0.2, 0.25) is 5.91 Å². The molecule has 3 nitrogen and oxygen atoms in total. The highest BCUT2D eigenvalue weighted by molar-refractivity contribution is 5.85. The van der Waals surface area contributed by atoms with Crippen molar-refractivity contribution in [1.29, 1.82) is 0 Å². The molecule has 0 spiro atoms. The van der Waals surface area contributed by atoms with E-state index in [4.69, 9.17) is 5.73 Å². The third-order valence-electron chi connectivity index (χ3n) is 4.19. The summed E-state index contributed by atoms with van der Waals surface area (Å²) in [6, 6.07) is 9.71. The smallest absolute Gasteiger partial charge is 0.224 e. The molecule has 1 heterocycles. The molecule has 0 radical (unpaired) electrons. The number of piperidine rings is 1. The maximum atomic E-state index is 12.4. The predicted molar refractivity (Wildman–Crippen MR) is 89.4 cm³/mol. The zero-order valence-electron chi connectivity index (χ0n) is 12.8. The van der Waals surface area contributed by atoms with Crippen LogP contribution in [0, 0.1) is 5.92 Å². The minimum absolute atomic E-state index is 0. The van der Waals surface area contributed by atoms with Gasteiger partial charge in [0.15, 0.2) is 0 Å². The Labute approximate surface area is 134 Å². The lowest BCUT2D eigenvalue weighted by atomic mass is 9.93. The molecule has 1 aliphatic heterocycles. The van der Waals surface area contributed by atoms with Gasteiger partial charge in [0.25, 0.3) is 0 Å². The van der Waals surface area contributed by atoms with Crippen molar-refractivity contribution < 1.29 is 4.79 Å². The zero-order valence-corrected chi connectivity index (χ0v) is 13.6. The normalized spacial score (nSPS) is 19.7. The summed E-state index contributed by atoms with van der Waals surface area (Å²) in [5.74, 6) is 0.896. The molecule has 1 aromatic carbocycles. The Bertz CT molecular complexity index is 422. The van der Waals surface area contributed by atoms with Gasteiger partial charge in [-0.3, -0.25) is 4.79 Å². The van der Waals surface area contributed by atoms with Gasteiger partial charge in [-0.05, 0) is 30.7 Å². The summed E-state index contributed by atoms with van der Waals surface area (Å²) in [6.07, 6.45) is 5.26. The van der Waals surface area contributed by atoms with Crippen LogP contribution in [0.1, 0.15) is 50.6 Å². The minimum Gasteiger partial charge on any atom is -0.342 e. The summed E-state index contributed by atoms with van der Waals surface area (Å²) in [6.45, 7) is 4.04. The molecule has 1 fully saturated rings. The molecule has 1 saturated heterocycles. The van der Waals surface area contributed by atoms with E-state index in [1.54, 1.807) is 0 Å². The van der Waals surface area contributed by atoms with E-state index >= 15 is 0 Å². The van der Waals surface area contributed by atoms with Crippen LogP contribution in [0.2, 0.25) is 0 Å². The number of hydrogen-bond donors (Lipinski definition) is 1. The van der Waals surface area contributed by atoms with Crippen molar-refractivity contribution in [2.75, 3.05) is 13.1 Å². The van der Waals surface area contributed by atoms with Gasteiger partial charge < -0.3 is 10.6 Å². The lowest BCUT2D eigenvalue weighted by molar-refractivity contribution is -0.133. The van der Waals surface area contributed by atoms with Crippen molar-refractivity contribution in [3.8, 4) is 0 Å². The van der Waals surface area contributed by atoms with Gasteiger partial charge in [-0.25, -0.2) is 0 Å². The lowest BCUT2D eigenvalue weighted by Gasteiger charge is -2.33. The van der Waals surface area contributed by atoms with E-state index in [-0.39, 0.29) is 24.4 Å². The average molecular weight is 311 g/mol. The first-order valence-electron chi connectivity index (χ1n) is 7.79. The van der Waals surface area contributed by atoms with Crippen LogP contribution >= 0.6 is 12.4 Å². The van der Waals surface area contributed by atoms with Gasteiger partial charge >= 0.3 is 0 Å². The van der Waals surface area contributed by atoms with Crippen LogP contribution in [0.5, 0.6) is 0 Å². The fourth-order valence-electron chi connectivity index (χ4n) is 3.07. The molecule has 21 heavy (non-hydrogen) atoms. The van der Waals surface area contributed by atoms with Gasteiger partial charge in [-0.1, -0.05) is 43.7 Å². The third kappa shape index (κ3) is 5.33. The average Bonchev–Trinajstić information content (AvgIpc) is 2.48. The van der Waals surface area contributed by atoms with E-state index in [1.165, 1.54) is 19.3 Å². The van der Waals surface area contributed by atoms with E-state index in [2.05, 4.69) is 6.92 Å². The number of likely N-dealkylation sites (tertiary alicyclic amines) is 1. The Hall–Kier alpha value is -1.06. The fraction of sp³-hybridized carbons (Fsp3) is 0.588. The molecule has 0 saturated carbocycles. The fourth-order valence-corrected chi connectivity index (χ4v) is 3.07. The number of rotatable bonds is 5. The van der Waals surface area contributed by atoms with Gasteiger partial charge in [-0.15, -0.1) is 12.4 Å². The maximum absolute atomic E-state index is 12.4. The molecule has 118 valence electrons. The number of nitrogens with two attached hydrogens (primary N) is 1. The minimum atomic E-state index is -0.185. The molecule has 2 rings (SSSR count). The van der Waals surface area contributed by atoms with Crippen LogP contribution in [-0.2, 0) is 4.79 Å². The first-order chi connectivity index (χ1) is 9.70. The molecule has 2 N–H and O–H groups in total. The number of benzene rings is 1. The van der Waals surface area contributed by atoms with Gasteiger partial charge in [0.1, 0.15) is 0 Å². The van der Waals surface area contributed by atoms with Crippen LogP contribution in [0.25, 0.3) is 0 Å². The van der Waals surface area contributed by atoms with Gasteiger partial charge in [-0.2, -0.15) is 0 Å². The van der Waals surface area contributed by atoms with Crippen molar-refractivity contribution in [3.63, 3.8) is 0 Å². The van der Waals surface area contributed by atoms with E-state index in [0.717, 1.165) is 25.1 Å². The molecule has 2 atom stereocenters. The second-order valence-corrected chi connectivity index (χ2v) is 5.86. The molecule has 1 aromatic rings. The number of carbonyl (C=O) groups is 1. The maximum Gasteiger partial charge on any atom is 0.224 e. The molecule has 0 aliphatic carbocycles. The monoisotopic (exact) mass is 310 g/mol. The summed E-state index contributed by atoms with van der Waals surface area (Å²) in [5.41, 5.74) is 7.19. The summed E-state index contributed by atoms with van der Waals surface area (Å²) in [5, 5.41) is 0. The van der Waals surface area contributed by atoms with Crippen molar-refractivity contribution in [2.45, 2.75) is 45.1 Å². The first kappa shape index (κ1) is 18.0. The summed E-state index contributed by atoms with van der Waals surface area (Å²) < 4.78 is 0. The van der Waals surface area contributed by atoms with E-state index in [0.29, 0.717) is 12.3 Å². The molecule has 1 amide bonds. The first-order valence-corrected chi connectivity index (χ1v) is 7.79. The van der Waals surface area contributed by atoms with E-state index < -0.39 is 0 Å². The number of carbonyl (C=O) groups excluding carboxylic acids is 1. The van der Waals surface area contributed by atoms with Crippen molar-refractivity contribution in [1.82, 2.24) is 4.90 Å². The van der Waals surface area contributed by atoms with Crippen LogP contribution in [-0.4, -0.2) is 23.9 Å². The number of nitrogens with zero attached hydrogens (tertiary/aromatic N) is 1. The molecule has 0 aromatic heterocycles. The van der Waals surface area contributed by atoms with E-state index in [1.807, 2.05) is 35.2 Å². The van der Waals surface area contributed by atoms with Crippen LogP contribution in [0.3, 0.4) is 0 Å². The largest absolute Gasteiger partial charge is 0.342 e. The number of hydrogen-bond acceptors (Lipinski definition) is 2.